The molecular weight excluding hydrogens is 259 g/mol. The number of benzene rings is 2. The van der Waals surface area contributed by atoms with E-state index in [9.17, 15) is 0 Å². The largest absolute Gasteiger partial charge is 0.0837 e. The number of rotatable bonds is 1. The Bertz CT molecular complexity index is 437. The third kappa shape index (κ3) is 1.99. The van der Waals surface area contributed by atoms with Gasteiger partial charge in [-0.25, -0.2) is 0 Å². The molecule has 0 heterocycles. The maximum Gasteiger partial charge on any atom is 0.0485 e. The monoisotopic (exact) mass is 266 g/mol. The van der Waals surface area contributed by atoms with Gasteiger partial charge in [-0.2, -0.15) is 0 Å². The summed E-state index contributed by atoms with van der Waals surface area (Å²) >= 11 is 9.54. The maximum atomic E-state index is 6.11. The van der Waals surface area contributed by atoms with Crippen LogP contribution in [0, 0.1) is 0 Å². The summed E-state index contributed by atoms with van der Waals surface area (Å²) in [6.45, 7) is 0. The first-order valence-corrected chi connectivity index (χ1v) is 5.45. The predicted molar refractivity (Wildman–Crippen MR) is 64.6 cm³/mol. The Balaban J connectivity index is 2.57. The van der Waals surface area contributed by atoms with Crippen molar-refractivity contribution in [3.8, 4) is 11.1 Å². The van der Waals surface area contributed by atoms with Gasteiger partial charge in [-0.1, -0.05) is 57.9 Å². The van der Waals surface area contributed by atoms with Gasteiger partial charge in [0.25, 0.3) is 0 Å². The van der Waals surface area contributed by atoms with Gasteiger partial charge >= 0.3 is 0 Å². The molecule has 2 aromatic carbocycles. The summed E-state index contributed by atoms with van der Waals surface area (Å²) in [5, 5.41) is 0.777. The van der Waals surface area contributed by atoms with Gasteiger partial charge in [0, 0.05) is 15.1 Å². The van der Waals surface area contributed by atoms with Crippen LogP contribution < -0.4 is 0 Å². The van der Waals surface area contributed by atoms with Gasteiger partial charge in [-0.15, -0.1) is 0 Å². The van der Waals surface area contributed by atoms with Gasteiger partial charge in [0.2, 0.25) is 0 Å². The van der Waals surface area contributed by atoms with Gasteiger partial charge < -0.3 is 0 Å². The molecule has 70 valence electrons. The van der Waals surface area contributed by atoms with E-state index in [1.54, 1.807) is 0 Å². The lowest BCUT2D eigenvalue weighted by Gasteiger charge is -2.04. The van der Waals surface area contributed by atoms with Crippen molar-refractivity contribution in [2.75, 3.05) is 0 Å². The zero-order valence-electron chi connectivity index (χ0n) is 7.37. The minimum atomic E-state index is 0.777. The molecule has 0 N–H and O–H groups in total. The van der Waals surface area contributed by atoms with E-state index in [4.69, 9.17) is 11.6 Å². The minimum Gasteiger partial charge on any atom is -0.0837 e. The fourth-order valence-electron chi connectivity index (χ4n) is 1.34. The molecule has 0 nitrogen and oxygen atoms in total. The van der Waals surface area contributed by atoms with Crippen LogP contribution in [0.4, 0.5) is 0 Å². The molecule has 0 saturated carbocycles. The van der Waals surface area contributed by atoms with Crippen molar-refractivity contribution in [2.45, 2.75) is 0 Å². The van der Waals surface area contributed by atoms with Crippen LogP contribution in [0.25, 0.3) is 11.1 Å². The van der Waals surface area contributed by atoms with Crippen LogP contribution in [0.5, 0.6) is 0 Å². The fourth-order valence-corrected chi connectivity index (χ4v) is 1.92. The van der Waals surface area contributed by atoms with Crippen LogP contribution in [0.1, 0.15) is 0 Å². The molecule has 2 rings (SSSR count). The first-order valence-electron chi connectivity index (χ1n) is 4.28. The molecule has 2 aromatic rings. The van der Waals surface area contributed by atoms with E-state index in [0.29, 0.717) is 0 Å². The van der Waals surface area contributed by atoms with Crippen LogP contribution in [-0.2, 0) is 0 Å². The number of hydrogen-bond donors (Lipinski definition) is 0. The third-order valence-corrected chi connectivity index (χ3v) is 2.84. The molecule has 0 aliphatic carbocycles. The molecule has 0 atom stereocenters. The molecule has 2 heteroatoms. The smallest absolute Gasteiger partial charge is 0.0485 e. The van der Waals surface area contributed by atoms with Crippen molar-refractivity contribution < 1.29 is 0 Å². The zero-order valence-corrected chi connectivity index (χ0v) is 9.72. The molecule has 0 spiro atoms. The average molecular weight is 268 g/mol. The fraction of sp³-hybridized carbons (Fsp3) is 0. The van der Waals surface area contributed by atoms with Crippen molar-refractivity contribution in [2.24, 2.45) is 0 Å². The summed E-state index contributed by atoms with van der Waals surface area (Å²) < 4.78 is 1.04. The predicted octanol–water partition coefficient (Wildman–Crippen LogP) is 4.77. The van der Waals surface area contributed by atoms with Crippen LogP contribution in [0.2, 0.25) is 5.02 Å². The zero-order chi connectivity index (χ0) is 9.97. The van der Waals surface area contributed by atoms with E-state index < -0.39 is 0 Å². The van der Waals surface area contributed by atoms with Gasteiger partial charge in [-0.3, -0.25) is 0 Å². The van der Waals surface area contributed by atoms with Crippen LogP contribution >= 0.6 is 27.5 Å². The topological polar surface area (TPSA) is 0 Å². The molecule has 0 bridgehead atoms. The lowest BCUT2D eigenvalue weighted by atomic mass is 10.1. The van der Waals surface area contributed by atoms with Crippen LogP contribution in [0.3, 0.4) is 0 Å². The lowest BCUT2D eigenvalue weighted by molar-refractivity contribution is 1.59. The Morgan fingerprint density at radius 2 is 1.64 bits per heavy atom. The second-order valence-corrected chi connectivity index (χ2v) is 4.31. The highest BCUT2D eigenvalue weighted by molar-refractivity contribution is 9.10. The first kappa shape index (κ1) is 9.75. The van der Waals surface area contributed by atoms with Crippen molar-refractivity contribution >= 4 is 27.5 Å². The summed E-state index contributed by atoms with van der Waals surface area (Å²) in [7, 11) is 0. The molecule has 0 aliphatic rings. The first-order chi connectivity index (χ1) is 6.77. The molecule has 0 radical (unpaired) electrons. The second-order valence-electron chi connectivity index (χ2n) is 2.99. The molecule has 14 heavy (non-hydrogen) atoms. The number of hydrogen-bond acceptors (Lipinski definition) is 0. The van der Waals surface area contributed by atoms with E-state index in [1.165, 1.54) is 0 Å². The Morgan fingerprint density at radius 3 is 2.36 bits per heavy atom. The molecule has 0 aromatic heterocycles. The summed E-state index contributed by atoms with van der Waals surface area (Å²) in [6.07, 6.45) is 0. The highest BCUT2D eigenvalue weighted by atomic mass is 79.9. The minimum absolute atomic E-state index is 0.777. The Morgan fingerprint density at radius 1 is 0.929 bits per heavy atom. The molecule has 0 fully saturated rings. The molecule has 0 unspecified atom stereocenters. The normalized spacial score (nSPS) is 10.1. The van der Waals surface area contributed by atoms with E-state index in [0.717, 1.165) is 20.6 Å². The Hall–Kier alpha value is -0.790. The Labute approximate surface area is 96.7 Å². The van der Waals surface area contributed by atoms with Gasteiger partial charge in [0.15, 0.2) is 0 Å². The summed E-state index contributed by atoms with van der Waals surface area (Å²) in [5.41, 5.74) is 2.19. The lowest BCUT2D eigenvalue weighted by Crippen LogP contribution is -1.78. The van der Waals surface area contributed by atoms with Crippen LogP contribution in [-0.4, -0.2) is 0 Å². The van der Waals surface area contributed by atoms with Gasteiger partial charge in [0.1, 0.15) is 0 Å². The molecule has 0 saturated heterocycles. The summed E-state index contributed by atoms with van der Waals surface area (Å²) in [4.78, 5) is 0. The summed E-state index contributed by atoms with van der Waals surface area (Å²) in [6, 6.07) is 16.0. The van der Waals surface area contributed by atoms with Crippen molar-refractivity contribution in [1.29, 1.82) is 0 Å². The SMILES string of the molecule is Clc1ccc(Br)cc1-c1ccccc1. The van der Waals surface area contributed by atoms with E-state index in [2.05, 4.69) is 15.9 Å². The third-order valence-electron chi connectivity index (χ3n) is 2.01. The Kier molecular flexibility index (Phi) is 2.90. The van der Waals surface area contributed by atoms with Gasteiger partial charge in [-0.05, 0) is 23.8 Å². The molecule has 0 amide bonds. The highest BCUT2D eigenvalue weighted by Gasteiger charge is 2.02. The highest BCUT2D eigenvalue weighted by Crippen LogP contribution is 2.30. The van der Waals surface area contributed by atoms with Gasteiger partial charge in [0.05, 0.1) is 0 Å². The second kappa shape index (κ2) is 4.16. The number of halogens is 2. The standard InChI is InChI=1S/C12H8BrCl/c13-10-6-7-12(14)11(8-10)9-4-2-1-3-5-9/h1-8H. The van der Waals surface area contributed by atoms with E-state index in [1.807, 2.05) is 48.5 Å². The van der Waals surface area contributed by atoms with Crippen molar-refractivity contribution in [3.05, 3.63) is 58.0 Å². The van der Waals surface area contributed by atoms with Crippen molar-refractivity contribution in [3.63, 3.8) is 0 Å². The average Bonchev–Trinajstić information content (AvgIpc) is 2.23. The van der Waals surface area contributed by atoms with Crippen molar-refractivity contribution in [1.82, 2.24) is 0 Å². The van der Waals surface area contributed by atoms with E-state index in [-0.39, 0.29) is 0 Å². The molecule has 0 aliphatic heterocycles. The van der Waals surface area contributed by atoms with Crippen LogP contribution in [0.15, 0.2) is 53.0 Å². The van der Waals surface area contributed by atoms with E-state index >= 15 is 0 Å². The quantitative estimate of drug-likeness (QED) is 0.698. The maximum absolute atomic E-state index is 6.11. The summed E-state index contributed by atoms with van der Waals surface area (Å²) in [5.74, 6) is 0. The molecular formula is C12H8BrCl.